The van der Waals surface area contributed by atoms with E-state index in [4.69, 9.17) is 0 Å². The van der Waals surface area contributed by atoms with Gasteiger partial charge in [-0.25, -0.2) is 18.7 Å². The van der Waals surface area contributed by atoms with E-state index in [1.54, 1.807) is 6.07 Å². The number of hydrogen-bond donors (Lipinski definition) is 1. The molecule has 1 aliphatic carbocycles. The Morgan fingerprint density at radius 3 is 2.73 bits per heavy atom. The lowest BCUT2D eigenvalue weighted by atomic mass is 10.1. The van der Waals surface area contributed by atoms with Crippen molar-refractivity contribution in [3.63, 3.8) is 0 Å². The van der Waals surface area contributed by atoms with Crippen molar-refractivity contribution < 1.29 is 8.78 Å². The SMILES string of the molecule is CCn1ccc2c(N[C@@H]3C[C@H]3c3ccc(F)c(F)c3)nc(SC)nc21.Cl. The molecule has 0 amide bonds. The fourth-order valence-corrected chi connectivity index (χ4v) is 3.50. The van der Waals surface area contributed by atoms with Crippen molar-refractivity contribution in [2.24, 2.45) is 0 Å². The van der Waals surface area contributed by atoms with Gasteiger partial charge in [0, 0.05) is 24.7 Å². The molecular weight excluding hydrogens is 378 g/mol. The number of hydrogen-bond acceptors (Lipinski definition) is 4. The van der Waals surface area contributed by atoms with Crippen molar-refractivity contribution in [3.05, 3.63) is 47.7 Å². The van der Waals surface area contributed by atoms with Gasteiger partial charge in [0.2, 0.25) is 0 Å². The first-order chi connectivity index (χ1) is 12.1. The molecule has 2 aromatic heterocycles. The average Bonchev–Trinajstić information content (AvgIpc) is 3.25. The second kappa shape index (κ2) is 7.40. The zero-order valence-electron chi connectivity index (χ0n) is 14.4. The topological polar surface area (TPSA) is 42.7 Å². The van der Waals surface area contributed by atoms with Gasteiger partial charge in [-0.15, -0.1) is 12.4 Å². The van der Waals surface area contributed by atoms with Crippen LogP contribution < -0.4 is 5.32 Å². The third kappa shape index (κ3) is 3.38. The highest BCUT2D eigenvalue weighted by atomic mass is 35.5. The molecule has 0 bridgehead atoms. The summed E-state index contributed by atoms with van der Waals surface area (Å²) in [7, 11) is 0. The van der Waals surface area contributed by atoms with E-state index in [-0.39, 0.29) is 24.4 Å². The molecule has 1 aliphatic rings. The highest BCUT2D eigenvalue weighted by molar-refractivity contribution is 7.98. The van der Waals surface area contributed by atoms with Crippen LogP contribution in [0.2, 0.25) is 0 Å². The van der Waals surface area contributed by atoms with Gasteiger partial charge in [-0.05, 0) is 43.4 Å². The minimum Gasteiger partial charge on any atom is -0.366 e. The van der Waals surface area contributed by atoms with Crippen LogP contribution in [0.1, 0.15) is 24.8 Å². The first-order valence-corrected chi connectivity index (χ1v) is 9.45. The molecule has 8 heteroatoms. The second-order valence-corrected chi connectivity index (χ2v) is 6.94. The highest BCUT2D eigenvalue weighted by Crippen LogP contribution is 2.43. The summed E-state index contributed by atoms with van der Waals surface area (Å²) in [6.07, 6.45) is 4.83. The Kier molecular flexibility index (Phi) is 5.39. The van der Waals surface area contributed by atoms with Crippen LogP contribution in [0.3, 0.4) is 0 Å². The normalized spacial score (nSPS) is 18.6. The van der Waals surface area contributed by atoms with Crippen molar-refractivity contribution in [2.75, 3.05) is 11.6 Å². The van der Waals surface area contributed by atoms with Crippen LogP contribution >= 0.6 is 24.2 Å². The fraction of sp³-hybridized carbons (Fsp3) is 0.333. The molecule has 2 heterocycles. The van der Waals surface area contributed by atoms with Crippen LogP contribution in [-0.4, -0.2) is 26.8 Å². The molecule has 4 rings (SSSR count). The molecule has 1 aromatic carbocycles. The first-order valence-electron chi connectivity index (χ1n) is 8.23. The molecule has 0 saturated heterocycles. The zero-order valence-corrected chi connectivity index (χ0v) is 16.0. The predicted molar refractivity (Wildman–Crippen MR) is 103 cm³/mol. The van der Waals surface area contributed by atoms with Crippen LogP contribution in [0.4, 0.5) is 14.6 Å². The van der Waals surface area contributed by atoms with Crippen molar-refractivity contribution in [1.82, 2.24) is 14.5 Å². The lowest BCUT2D eigenvalue weighted by molar-refractivity contribution is 0.507. The molecule has 1 N–H and O–H groups in total. The van der Waals surface area contributed by atoms with Gasteiger partial charge in [0.05, 0.1) is 5.39 Å². The van der Waals surface area contributed by atoms with E-state index in [9.17, 15) is 8.78 Å². The number of nitrogens with one attached hydrogen (secondary N) is 1. The summed E-state index contributed by atoms with van der Waals surface area (Å²) < 4.78 is 28.6. The minimum absolute atomic E-state index is 0. The molecule has 3 aromatic rings. The minimum atomic E-state index is -0.808. The number of thioether (sulfide) groups is 1. The van der Waals surface area contributed by atoms with Crippen LogP contribution in [0.15, 0.2) is 35.6 Å². The second-order valence-electron chi connectivity index (χ2n) is 6.16. The monoisotopic (exact) mass is 396 g/mol. The Labute approximate surface area is 160 Å². The van der Waals surface area contributed by atoms with E-state index in [1.165, 1.54) is 23.9 Å². The summed E-state index contributed by atoms with van der Waals surface area (Å²) in [6, 6.07) is 6.32. The molecule has 4 nitrogen and oxygen atoms in total. The lowest BCUT2D eigenvalue weighted by Crippen LogP contribution is -2.08. The number of aryl methyl sites for hydroxylation is 1. The average molecular weight is 397 g/mol. The van der Waals surface area contributed by atoms with E-state index >= 15 is 0 Å². The van der Waals surface area contributed by atoms with Crippen molar-refractivity contribution in [1.29, 1.82) is 0 Å². The molecule has 0 aliphatic heterocycles. The van der Waals surface area contributed by atoms with Gasteiger partial charge in [-0.2, -0.15) is 0 Å². The van der Waals surface area contributed by atoms with E-state index in [1.807, 2.05) is 18.5 Å². The van der Waals surface area contributed by atoms with Gasteiger partial charge in [-0.1, -0.05) is 17.8 Å². The summed E-state index contributed by atoms with van der Waals surface area (Å²) >= 11 is 1.50. The van der Waals surface area contributed by atoms with Gasteiger partial charge in [-0.3, -0.25) is 0 Å². The van der Waals surface area contributed by atoms with Gasteiger partial charge < -0.3 is 9.88 Å². The van der Waals surface area contributed by atoms with Crippen molar-refractivity contribution in [2.45, 2.75) is 37.0 Å². The summed E-state index contributed by atoms with van der Waals surface area (Å²) in [6.45, 7) is 2.92. The lowest BCUT2D eigenvalue weighted by Gasteiger charge is -2.09. The zero-order chi connectivity index (χ0) is 17.6. The molecule has 138 valence electrons. The van der Waals surface area contributed by atoms with Gasteiger partial charge in [0.25, 0.3) is 0 Å². The summed E-state index contributed by atoms with van der Waals surface area (Å²) in [4.78, 5) is 9.20. The Bertz CT molecular complexity index is 946. The van der Waals surface area contributed by atoms with Crippen LogP contribution in [0.5, 0.6) is 0 Å². The number of aromatic nitrogens is 3. The van der Waals surface area contributed by atoms with E-state index in [0.29, 0.717) is 5.16 Å². The molecule has 0 radical (unpaired) electrons. The maximum absolute atomic E-state index is 13.4. The number of rotatable bonds is 5. The van der Waals surface area contributed by atoms with Crippen molar-refractivity contribution >= 4 is 41.0 Å². The van der Waals surface area contributed by atoms with Crippen LogP contribution in [0, 0.1) is 11.6 Å². The standard InChI is InChI=1S/C18H18F2N4S.ClH/c1-3-24-7-6-11-16(22-18(25-2)23-17(11)24)21-15-9-12(15)10-4-5-13(19)14(20)8-10;/h4-8,12,15H,3,9H2,1-2H3,(H,21,22,23);1H/t12-,15+;/m0./s1. The number of benzene rings is 1. The van der Waals surface area contributed by atoms with E-state index in [0.717, 1.165) is 35.4 Å². The largest absolute Gasteiger partial charge is 0.366 e. The van der Waals surface area contributed by atoms with Crippen LogP contribution in [0.25, 0.3) is 11.0 Å². The summed E-state index contributed by atoms with van der Waals surface area (Å²) in [5, 5.41) is 5.16. The Morgan fingerprint density at radius 2 is 2.04 bits per heavy atom. The smallest absolute Gasteiger partial charge is 0.191 e. The molecular formula is C18H19ClF2N4S. The summed E-state index contributed by atoms with van der Waals surface area (Å²) in [5.74, 6) is -0.628. The van der Waals surface area contributed by atoms with Gasteiger partial charge in [0.1, 0.15) is 11.5 Å². The summed E-state index contributed by atoms with van der Waals surface area (Å²) in [5.41, 5.74) is 1.73. The number of anilines is 1. The Morgan fingerprint density at radius 1 is 1.23 bits per heavy atom. The molecule has 26 heavy (non-hydrogen) atoms. The van der Waals surface area contributed by atoms with Gasteiger partial charge >= 0.3 is 0 Å². The first kappa shape index (κ1) is 18.9. The van der Waals surface area contributed by atoms with E-state index < -0.39 is 11.6 Å². The number of halogens is 3. The number of nitrogens with zero attached hydrogens (tertiary/aromatic N) is 3. The molecule has 1 fully saturated rings. The Hall–Kier alpha value is -1.86. The van der Waals surface area contributed by atoms with E-state index in [2.05, 4.69) is 26.8 Å². The molecule has 2 atom stereocenters. The fourth-order valence-electron chi connectivity index (χ4n) is 3.14. The molecule has 1 saturated carbocycles. The van der Waals surface area contributed by atoms with Crippen molar-refractivity contribution in [3.8, 4) is 0 Å². The molecule has 0 unspecified atom stereocenters. The molecule has 0 spiro atoms. The third-order valence-electron chi connectivity index (χ3n) is 4.61. The predicted octanol–water partition coefficient (Wildman–Crippen LogP) is 4.84. The maximum Gasteiger partial charge on any atom is 0.191 e. The maximum atomic E-state index is 13.4. The quantitative estimate of drug-likeness (QED) is 0.495. The van der Waals surface area contributed by atoms with Crippen LogP contribution in [-0.2, 0) is 6.54 Å². The van der Waals surface area contributed by atoms with Gasteiger partial charge in [0.15, 0.2) is 16.8 Å². The Balaban J connectivity index is 0.00000196. The highest BCUT2D eigenvalue weighted by Gasteiger charge is 2.39. The third-order valence-corrected chi connectivity index (χ3v) is 5.15. The number of fused-ring (bicyclic) bond motifs is 1.